The van der Waals surface area contributed by atoms with Gasteiger partial charge in [0.2, 0.25) is 0 Å². The predicted octanol–water partition coefficient (Wildman–Crippen LogP) is 1.54. The Morgan fingerprint density at radius 2 is 2.39 bits per heavy atom. The second-order valence-corrected chi connectivity index (χ2v) is 4.22. The molecule has 1 saturated heterocycles. The Balaban J connectivity index is 2.10. The van der Waals surface area contributed by atoms with Gasteiger partial charge in [0.1, 0.15) is 23.9 Å². The van der Waals surface area contributed by atoms with E-state index in [1.54, 1.807) is 25.3 Å². The van der Waals surface area contributed by atoms with Crippen LogP contribution < -0.4 is 15.2 Å². The molecule has 1 aliphatic rings. The van der Waals surface area contributed by atoms with Gasteiger partial charge >= 0.3 is 0 Å². The van der Waals surface area contributed by atoms with E-state index in [9.17, 15) is 0 Å². The minimum absolute atomic E-state index is 0.0139. The lowest BCUT2D eigenvalue weighted by molar-refractivity contribution is 0.0678. The maximum Gasteiger partial charge on any atom is 0.134 e. The van der Waals surface area contributed by atoms with Crippen LogP contribution in [0.1, 0.15) is 18.4 Å². The Hall–Kier alpha value is -1.75. The summed E-state index contributed by atoms with van der Waals surface area (Å²) in [5.41, 5.74) is 6.10. The molecule has 1 aliphatic heterocycles. The standard InChI is InChI=1S/C13H18N2O3/c1-16-9-4-5-11(13(14)15)12(7-9)18-8-10-3-2-6-17-10/h4-5,7,10H,2-3,6,8H2,1H3,(H3,14,15). The number of nitrogens with two attached hydrogens (primary N) is 1. The third kappa shape index (κ3) is 2.92. The van der Waals surface area contributed by atoms with E-state index in [1.165, 1.54) is 0 Å². The SMILES string of the molecule is COc1ccc(C(=N)N)c(OCC2CCCO2)c1. The maximum absolute atomic E-state index is 7.52. The zero-order chi connectivity index (χ0) is 13.0. The van der Waals surface area contributed by atoms with Gasteiger partial charge in [-0.05, 0) is 25.0 Å². The van der Waals surface area contributed by atoms with Crippen molar-refractivity contribution in [2.45, 2.75) is 18.9 Å². The van der Waals surface area contributed by atoms with Gasteiger partial charge in [-0.3, -0.25) is 5.41 Å². The highest BCUT2D eigenvalue weighted by Crippen LogP contribution is 2.25. The van der Waals surface area contributed by atoms with E-state index in [0.717, 1.165) is 19.4 Å². The molecule has 98 valence electrons. The summed E-state index contributed by atoms with van der Waals surface area (Å²) in [6, 6.07) is 5.23. The first-order chi connectivity index (χ1) is 8.70. The average molecular weight is 250 g/mol. The molecule has 0 saturated carbocycles. The lowest BCUT2D eigenvalue weighted by Gasteiger charge is -2.15. The van der Waals surface area contributed by atoms with Gasteiger partial charge in [-0.15, -0.1) is 0 Å². The number of amidine groups is 1. The molecule has 5 nitrogen and oxygen atoms in total. The molecule has 1 aromatic carbocycles. The zero-order valence-electron chi connectivity index (χ0n) is 10.4. The minimum Gasteiger partial charge on any atom is -0.497 e. The van der Waals surface area contributed by atoms with Gasteiger partial charge in [0.15, 0.2) is 0 Å². The van der Waals surface area contributed by atoms with Crippen LogP contribution >= 0.6 is 0 Å². The van der Waals surface area contributed by atoms with Crippen LogP contribution in [0.3, 0.4) is 0 Å². The predicted molar refractivity (Wildman–Crippen MR) is 68.5 cm³/mol. The van der Waals surface area contributed by atoms with Gasteiger partial charge < -0.3 is 19.9 Å². The van der Waals surface area contributed by atoms with Crippen molar-refractivity contribution in [3.63, 3.8) is 0 Å². The lowest BCUT2D eigenvalue weighted by Crippen LogP contribution is -2.19. The molecule has 2 rings (SSSR count). The van der Waals surface area contributed by atoms with Gasteiger partial charge in [-0.25, -0.2) is 0 Å². The number of hydrogen-bond acceptors (Lipinski definition) is 4. The van der Waals surface area contributed by atoms with Crippen molar-refractivity contribution in [1.82, 2.24) is 0 Å². The molecular formula is C13H18N2O3. The first-order valence-electron chi connectivity index (χ1n) is 5.97. The molecule has 1 fully saturated rings. The van der Waals surface area contributed by atoms with E-state index < -0.39 is 0 Å². The van der Waals surface area contributed by atoms with Crippen LogP contribution in [0, 0.1) is 5.41 Å². The van der Waals surface area contributed by atoms with E-state index in [-0.39, 0.29) is 11.9 Å². The lowest BCUT2D eigenvalue weighted by atomic mass is 10.1. The fourth-order valence-electron chi connectivity index (χ4n) is 1.93. The molecule has 0 aromatic heterocycles. The third-order valence-electron chi connectivity index (χ3n) is 2.93. The molecule has 1 heterocycles. The smallest absolute Gasteiger partial charge is 0.134 e. The quantitative estimate of drug-likeness (QED) is 0.613. The molecule has 0 bridgehead atoms. The van der Waals surface area contributed by atoms with E-state index in [1.807, 2.05) is 0 Å². The van der Waals surface area contributed by atoms with Gasteiger partial charge in [-0.2, -0.15) is 0 Å². The Labute approximate surface area is 106 Å². The summed E-state index contributed by atoms with van der Waals surface area (Å²) in [5.74, 6) is 1.24. The number of rotatable bonds is 5. The minimum atomic E-state index is -0.0139. The Bertz CT molecular complexity index is 428. The molecule has 1 aromatic rings. The van der Waals surface area contributed by atoms with Crippen molar-refractivity contribution < 1.29 is 14.2 Å². The van der Waals surface area contributed by atoms with Crippen molar-refractivity contribution in [1.29, 1.82) is 5.41 Å². The Kier molecular flexibility index (Phi) is 4.04. The number of benzene rings is 1. The first-order valence-corrected chi connectivity index (χ1v) is 5.97. The van der Waals surface area contributed by atoms with Crippen LogP contribution in [0.5, 0.6) is 11.5 Å². The fraction of sp³-hybridized carbons (Fsp3) is 0.462. The van der Waals surface area contributed by atoms with Crippen molar-refractivity contribution in [2.24, 2.45) is 5.73 Å². The molecule has 0 aliphatic carbocycles. The Morgan fingerprint density at radius 3 is 3.00 bits per heavy atom. The second kappa shape index (κ2) is 5.73. The van der Waals surface area contributed by atoms with Crippen LogP contribution in [0.15, 0.2) is 18.2 Å². The third-order valence-corrected chi connectivity index (χ3v) is 2.93. The van der Waals surface area contributed by atoms with Crippen LogP contribution in [0.2, 0.25) is 0 Å². The molecule has 1 atom stereocenters. The highest BCUT2D eigenvalue weighted by Gasteiger charge is 2.17. The van der Waals surface area contributed by atoms with Crippen molar-refractivity contribution >= 4 is 5.84 Å². The highest BCUT2D eigenvalue weighted by atomic mass is 16.5. The molecule has 1 unspecified atom stereocenters. The molecular weight excluding hydrogens is 232 g/mol. The number of nitrogens with one attached hydrogen (secondary N) is 1. The van der Waals surface area contributed by atoms with Gasteiger partial charge in [-0.1, -0.05) is 0 Å². The van der Waals surface area contributed by atoms with Crippen LogP contribution in [0.25, 0.3) is 0 Å². The summed E-state index contributed by atoms with van der Waals surface area (Å²) in [7, 11) is 1.59. The monoisotopic (exact) mass is 250 g/mol. The van der Waals surface area contributed by atoms with Gasteiger partial charge in [0.05, 0.1) is 18.8 Å². The molecule has 0 spiro atoms. The van der Waals surface area contributed by atoms with E-state index >= 15 is 0 Å². The summed E-state index contributed by atoms with van der Waals surface area (Å²) >= 11 is 0. The number of nitrogen functional groups attached to an aromatic ring is 1. The normalized spacial score (nSPS) is 18.6. The summed E-state index contributed by atoms with van der Waals surface area (Å²) in [6.07, 6.45) is 2.22. The molecule has 0 radical (unpaired) electrons. The summed E-state index contributed by atoms with van der Waals surface area (Å²) in [5, 5.41) is 7.52. The van der Waals surface area contributed by atoms with E-state index in [0.29, 0.717) is 23.7 Å². The zero-order valence-corrected chi connectivity index (χ0v) is 10.4. The average Bonchev–Trinajstić information content (AvgIpc) is 2.88. The summed E-state index contributed by atoms with van der Waals surface area (Å²) in [4.78, 5) is 0. The number of hydrogen-bond donors (Lipinski definition) is 2. The van der Waals surface area contributed by atoms with E-state index in [4.69, 9.17) is 25.4 Å². The van der Waals surface area contributed by atoms with Gasteiger partial charge in [0.25, 0.3) is 0 Å². The molecule has 3 N–H and O–H groups in total. The fourth-order valence-corrected chi connectivity index (χ4v) is 1.93. The summed E-state index contributed by atoms with van der Waals surface area (Å²) in [6.45, 7) is 1.28. The largest absolute Gasteiger partial charge is 0.497 e. The van der Waals surface area contributed by atoms with E-state index in [2.05, 4.69) is 0 Å². The second-order valence-electron chi connectivity index (χ2n) is 4.22. The van der Waals surface area contributed by atoms with Crippen LogP contribution in [0.4, 0.5) is 0 Å². The Morgan fingerprint density at radius 1 is 1.56 bits per heavy atom. The van der Waals surface area contributed by atoms with Crippen molar-refractivity contribution in [2.75, 3.05) is 20.3 Å². The van der Waals surface area contributed by atoms with Gasteiger partial charge in [0, 0.05) is 12.7 Å². The maximum atomic E-state index is 7.52. The topological polar surface area (TPSA) is 77.6 Å². The highest BCUT2D eigenvalue weighted by molar-refractivity contribution is 5.97. The van der Waals surface area contributed by atoms with Crippen LogP contribution in [-0.4, -0.2) is 32.3 Å². The summed E-state index contributed by atoms with van der Waals surface area (Å²) < 4.78 is 16.3. The molecule has 18 heavy (non-hydrogen) atoms. The van der Waals surface area contributed by atoms with Crippen LogP contribution in [-0.2, 0) is 4.74 Å². The molecule has 5 heteroatoms. The number of methoxy groups -OCH3 is 1. The van der Waals surface area contributed by atoms with Crippen molar-refractivity contribution in [3.05, 3.63) is 23.8 Å². The number of ether oxygens (including phenoxy) is 3. The molecule has 0 amide bonds. The van der Waals surface area contributed by atoms with Crippen molar-refractivity contribution in [3.8, 4) is 11.5 Å². The first kappa shape index (κ1) is 12.7.